The number of hydrogen-bond donors (Lipinski definition) is 1. The average Bonchev–Trinajstić information content (AvgIpc) is 3.26. The highest BCUT2D eigenvalue weighted by molar-refractivity contribution is 5.77. The molecule has 1 saturated heterocycles. The van der Waals surface area contributed by atoms with E-state index in [4.69, 9.17) is 4.74 Å². The Morgan fingerprint density at radius 1 is 1.36 bits per heavy atom. The zero-order valence-electron chi connectivity index (χ0n) is 14.6. The van der Waals surface area contributed by atoms with E-state index in [2.05, 4.69) is 39.4 Å². The summed E-state index contributed by atoms with van der Waals surface area (Å²) in [6, 6.07) is 8.42. The normalized spacial score (nSPS) is 20.0. The molecule has 6 heteroatoms. The van der Waals surface area contributed by atoms with E-state index in [1.165, 1.54) is 11.3 Å². The molecule has 132 valence electrons. The fourth-order valence-corrected chi connectivity index (χ4v) is 3.85. The quantitative estimate of drug-likeness (QED) is 0.926. The van der Waals surface area contributed by atoms with Gasteiger partial charge in [-0.25, -0.2) is 0 Å². The van der Waals surface area contributed by atoms with E-state index in [1.807, 2.05) is 11.8 Å². The number of fused-ring (bicyclic) bond motifs is 1. The molecule has 0 radical (unpaired) electrons. The van der Waals surface area contributed by atoms with E-state index in [0.29, 0.717) is 26.2 Å². The summed E-state index contributed by atoms with van der Waals surface area (Å²) in [5, 5.41) is 7.13. The van der Waals surface area contributed by atoms with E-state index in [1.54, 1.807) is 6.20 Å². The van der Waals surface area contributed by atoms with Gasteiger partial charge in [0.25, 0.3) is 0 Å². The monoisotopic (exact) mass is 340 g/mol. The Morgan fingerprint density at radius 2 is 2.24 bits per heavy atom. The van der Waals surface area contributed by atoms with Gasteiger partial charge in [-0.15, -0.1) is 0 Å². The molecule has 25 heavy (non-hydrogen) atoms. The second kappa shape index (κ2) is 6.88. The molecule has 1 aromatic carbocycles. The number of ether oxygens (including phenoxy) is 1. The second-order valence-electron chi connectivity index (χ2n) is 6.76. The van der Waals surface area contributed by atoms with Crippen LogP contribution in [0.4, 0.5) is 5.69 Å². The molecule has 1 amide bonds. The maximum absolute atomic E-state index is 12.9. The molecule has 3 heterocycles. The Morgan fingerprint density at radius 3 is 3.08 bits per heavy atom. The second-order valence-corrected chi connectivity index (χ2v) is 6.76. The number of morpholine rings is 1. The molecule has 0 aliphatic carbocycles. The molecule has 0 unspecified atom stereocenters. The average molecular weight is 340 g/mol. The summed E-state index contributed by atoms with van der Waals surface area (Å²) in [7, 11) is 0. The minimum Gasteiger partial charge on any atom is -0.377 e. The summed E-state index contributed by atoms with van der Waals surface area (Å²) in [6.45, 7) is 5.54. The number of anilines is 1. The van der Waals surface area contributed by atoms with Gasteiger partial charge in [-0.05, 0) is 30.5 Å². The highest BCUT2D eigenvalue weighted by Crippen LogP contribution is 2.29. The van der Waals surface area contributed by atoms with Gasteiger partial charge in [0.1, 0.15) is 0 Å². The molecule has 1 N–H and O–H groups in total. The van der Waals surface area contributed by atoms with Crippen molar-refractivity contribution in [2.24, 2.45) is 0 Å². The van der Waals surface area contributed by atoms with Crippen LogP contribution in [0.3, 0.4) is 0 Å². The maximum atomic E-state index is 12.9. The molecule has 2 aliphatic heterocycles. The van der Waals surface area contributed by atoms with Crippen LogP contribution < -0.4 is 4.90 Å². The zero-order chi connectivity index (χ0) is 17.2. The highest BCUT2D eigenvalue weighted by Gasteiger charge is 2.31. The zero-order valence-corrected chi connectivity index (χ0v) is 14.6. The topological polar surface area (TPSA) is 61.5 Å². The third kappa shape index (κ3) is 3.14. The molecule has 2 aromatic rings. The Bertz CT molecular complexity index is 757. The van der Waals surface area contributed by atoms with Crippen molar-refractivity contribution in [1.29, 1.82) is 0 Å². The van der Waals surface area contributed by atoms with Crippen LogP contribution in [0.5, 0.6) is 0 Å². The van der Waals surface area contributed by atoms with Crippen molar-refractivity contribution in [3.63, 3.8) is 0 Å². The van der Waals surface area contributed by atoms with Crippen molar-refractivity contribution in [2.45, 2.75) is 25.8 Å². The highest BCUT2D eigenvalue weighted by atomic mass is 16.5. The minimum atomic E-state index is -0.0605. The number of nitrogens with zero attached hydrogens (tertiary/aromatic N) is 3. The van der Waals surface area contributed by atoms with Gasteiger partial charge in [0.05, 0.1) is 31.1 Å². The number of aromatic amines is 1. The van der Waals surface area contributed by atoms with Crippen molar-refractivity contribution < 1.29 is 9.53 Å². The lowest BCUT2D eigenvalue weighted by Gasteiger charge is -2.36. The van der Waals surface area contributed by atoms with E-state index in [0.717, 1.165) is 30.8 Å². The van der Waals surface area contributed by atoms with E-state index in [-0.39, 0.29) is 11.9 Å². The Labute approximate surface area is 147 Å². The van der Waals surface area contributed by atoms with Crippen molar-refractivity contribution >= 4 is 11.6 Å². The first-order valence-corrected chi connectivity index (χ1v) is 8.94. The van der Waals surface area contributed by atoms with Crippen LogP contribution >= 0.6 is 0 Å². The summed E-state index contributed by atoms with van der Waals surface area (Å²) in [5.41, 5.74) is 4.71. The summed E-state index contributed by atoms with van der Waals surface area (Å²) >= 11 is 0. The lowest BCUT2D eigenvalue weighted by atomic mass is 10.1. The van der Waals surface area contributed by atoms with Gasteiger partial charge in [0.15, 0.2) is 0 Å². The Hall–Kier alpha value is -2.34. The maximum Gasteiger partial charge on any atom is 0.225 e. The first-order chi connectivity index (χ1) is 12.2. The number of carbonyl (C=O) groups is 1. The van der Waals surface area contributed by atoms with Gasteiger partial charge in [0, 0.05) is 31.7 Å². The molecule has 6 nitrogen and oxygen atoms in total. The number of carbonyl (C=O) groups excluding carboxylic acids is 1. The molecular formula is C19H24N4O2. The van der Waals surface area contributed by atoms with Crippen molar-refractivity contribution in [3.8, 4) is 0 Å². The number of amides is 1. The number of H-pyrrole nitrogens is 1. The number of benzene rings is 1. The SMILES string of the molecule is Cc1cn[nH]c1[C@H]1COCCN1C(=O)CCN1CCc2ccccc21. The smallest absolute Gasteiger partial charge is 0.225 e. The Kier molecular flexibility index (Phi) is 4.44. The molecule has 0 saturated carbocycles. The van der Waals surface area contributed by atoms with Crippen LogP contribution in [0.25, 0.3) is 0 Å². The Balaban J connectivity index is 1.42. The minimum absolute atomic E-state index is 0.0605. The van der Waals surface area contributed by atoms with Gasteiger partial charge in [0.2, 0.25) is 5.91 Å². The summed E-state index contributed by atoms with van der Waals surface area (Å²) < 4.78 is 5.61. The first kappa shape index (κ1) is 16.1. The number of para-hydroxylation sites is 1. The summed E-state index contributed by atoms with van der Waals surface area (Å²) in [5.74, 6) is 0.187. The number of nitrogens with one attached hydrogen (secondary N) is 1. The van der Waals surface area contributed by atoms with Crippen molar-refractivity contribution in [2.75, 3.05) is 37.7 Å². The molecular weight excluding hydrogens is 316 g/mol. The molecule has 0 bridgehead atoms. The van der Waals surface area contributed by atoms with Gasteiger partial charge in [-0.2, -0.15) is 5.10 Å². The fraction of sp³-hybridized carbons (Fsp3) is 0.474. The van der Waals surface area contributed by atoms with Gasteiger partial charge < -0.3 is 14.5 Å². The lowest BCUT2D eigenvalue weighted by molar-refractivity contribution is -0.140. The van der Waals surface area contributed by atoms with Crippen LogP contribution in [0.1, 0.15) is 29.3 Å². The van der Waals surface area contributed by atoms with Crippen LogP contribution in [0, 0.1) is 6.92 Å². The molecule has 1 fully saturated rings. The predicted molar refractivity (Wildman–Crippen MR) is 95.6 cm³/mol. The summed E-state index contributed by atoms with van der Waals surface area (Å²) in [6.07, 6.45) is 3.39. The largest absolute Gasteiger partial charge is 0.377 e. The number of aromatic nitrogens is 2. The molecule has 1 aromatic heterocycles. The molecule has 0 spiro atoms. The third-order valence-electron chi connectivity index (χ3n) is 5.23. The summed E-state index contributed by atoms with van der Waals surface area (Å²) in [4.78, 5) is 17.2. The fourth-order valence-electron chi connectivity index (χ4n) is 3.85. The van der Waals surface area contributed by atoms with Gasteiger partial charge in [-0.1, -0.05) is 18.2 Å². The van der Waals surface area contributed by atoms with Gasteiger partial charge in [-0.3, -0.25) is 9.89 Å². The van der Waals surface area contributed by atoms with Crippen LogP contribution in [0.15, 0.2) is 30.5 Å². The predicted octanol–water partition coefficient (Wildman–Crippen LogP) is 2.07. The third-order valence-corrected chi connectivity index (χ3v) is 5.23. The van der Waals surface area contributed by atoms with Gasteiger partial charge >= 0.3 is 0 Å². The van der Waals surface area contributed by atoms with E-state index >= 15 is 0 Å². The molecule has 4 rings (SSSR count). The number of hydrogen-bond acceptors (Lipinski definition) is 4. The van der Waals surface area contributed by atoms with E-state index < -0.39 is 0 Å². The lowest BCUT2D eigenvalue weighted by Crippen LogP contribution is -2.44. The van der Waals surface area contributed by atoms with Crippen molar-refractivity contribution in [1.82, 2.24) is 15.1 Å². The standard InChI is InChI=1S/C19H24N4O2/c1-14-12-20-21-19(14)17-13-25-11-10-23(17)18(24)7-9-22-8-6-15-4-2-3-5-16(15)22/h2-5,12,17H,6-11,13H2,1H3,(H,20,21)/t17-/m1/s1. The van der Waals surface area contributed by atoms with E-state index in [9.17, 15) is 4.79 Å². The van der Waals surface area contributed by atoms with Crippen LogP contribution in [0.2, 0.25) is 0 Å². The molecule has 2 aliphatic rings. The number of rotatable bonds is 4. The first-order valence-electron chi connectivity index (χ1n) is 8.94. The van der Waals surface area contributed by atoms with Crippen LogP contribution in [-0.4, -0.2) is 53.9 Å². The molecule has 1 atom stereocenters. The van der Waals surface area contributed by atoms with Crippen molar-refractivity contribution in [3.05, 3.63) is 47.3 Å². The number of aryl methyl sites for hydroxylation is 1. The van der Waals surface area contributed by atoms with Crippen LogP contribution in [-0.2, 0) is 16.0 Å².